The van der Waals surface area contributed by atoms with Crippen molar-refractivity contribution in [2.75, 3.05) is 14.2 Å². The molecule has 0 aliphatic rings. The Bertz CT molecular complexity index is 287. The molecule has 0 spiro atoms. The van der Waals surface area contributed by atoms with Gasteiger partial charge in [0.05, 0.1) is 14.2 Å². The summed E-state index contributed by atoms with van der Waals surface area (Å²) in [5, 5.41) is 0. The summed E-state index contributed by atoms with van der Waals surface area (Å²) in [6.45, 7) is 0. The van der Waals surface area contributed by atoms with E-state index in [0.717, 1.165) is 5.56 Å². The Labute approximate surface area is 82.8 Å². The highest BCUT2D eigenvalue weighted by molar-refractivity contribution is 5.76. The van der Waals surface area contributed by atoms with E-state index in [1.807, 2.05) is 30.3 Å². The summed E-state index contributed by atoms with van der Waals surface area (Å²) in [7, 11) is 3.07. The number of hydrogen-bond donors (Lipinski definition) is 1. The Morgan fingerprint density at radius 2 is 2.00 bits per heavy atom. The lowest BCUT2D eigenvalue weighted by Gasteiger charge is -2.11. The van der Waals surface area contributed by atoms with Crippen molar-refractivity contribution in [3.8, 4) is 0 Å². The normalized spacial score (nSPS) is 12.1. The van der Waals surface area contributed by atoms with Gasteiger partial charge in [-0.1, -0.05) is 30.3 Å². The molecule has 2 N–H and O–H groups in total. The number of esters is 1. The van der Waals surface area contributed by atoms with Crippen LogP contribution in [0.5, 0.6) is 0 Å². The molecular formula is C10H14NO3+. The standard InChI is InChI=1S/C10H13NO3/c1-11-14-9(10(12)13-2)8-6-4-3-5-7-8/h3-7,9,11H,1-2H3/p+1. The fraction of sp³-hybridized carbons (Fsp3) is 0.300. The summed E-state index contributed by atoms with van der Waals surface area (Å²) >= 11 is 0. The minimum absolute atomic E-state index is 0.394. The van der Waals surface area contributed by atoms with E-state index < -0.39 is 12.1 Å². The summed E-state index contributed by atoms with van der Waals surface area (Å²) in [6.07, 6.45) is -0.661. The summed E-state index contributed by atoms with van der Waals surface area (Å²) in [6, 6.07) is 9.23. The van der Waals surface area contributed by atoms with Crippen molar-refractivity contribution in [3.05, 3.63) is 35.9 Å². The maximum atomic E-state index is 11.3. The van der Waals surface area contributed by atoms with Gasteiger partial charge in [-0.2, -0.15) is 4.84 Å². The number of carbonyl (C=O) groups excluding carboxylic acids is 1. The molecule has 0 saturated heterocycles. The largest absolute Gasteiger partial charge is 0.467 e. The van der Waals surface area contributed by atoms with Crippen LogP contribution in [0.2, 0.25) is 0 Å². The molecule has 0 bridgehead atoms. The second-order valence-corrected chi connectivity index (χ2v) is 2.69. The topological polar surface area (TPSA) is 52.1 Å². The summed E-state index contributed by atoms with van der Waals surface area (Å²) in [5.41, 5.74) is 2.27. The Morgan fingerprint density at radius 3 is 2.50 bits per heavy atom. The van der Waals surface area contributed by atoms with Gasteiger partial charge in [-0.3, -0.25) is 0 Å². The zero-order chi connectivity index (χ0) is 10.4. The lowest BCUT2D eigenvalue weighted by molar-refractivity contribution is -0.885. The average Bonchev–Trinajstić information content (AvgIpc) is 2.26. The van der Waals surface area contributed by atoms with Crippen molar-refractivity contribution >= 4 is 5.97 Å². The van der Waals surface area contributed by atoms with E-state index in [4.69, 9.17) is 4.84 Å². The van der Waals surface area contributed by atoms with E-state index in [2.05, 4.69) is 4.74 Å². The quantitative estimate of drug-likeness (QED) is 0.546. The number of benzene rings is 1. The van der Waals surface area contributed by atoms with Crippen molar-refractivity contribution in [1.29, 1.82) is 0 Å². The van der Waals surface area contributed by atoms with Crippen molar-refractivity contribution in [3.63, 3.8) is 0 Å². The molecule has 1 aromatic rings. The van der Waals surface area contributed by atoms with E-state index in [-0.39, 0.29) is 0 Å². The predicted octanol–water partition coefficient (Wildman–Crippen LogP) is 0.0255. The molecule has 0 amide bonds. The number of carbonyl (C=O) groups is 1. The molecule has 4 heteroatoms. The molecule has 1 atom stereocenters. The lowest BCUT2D eigenvalue weighted by atomic mass is 10.1. The highest BCUT2D eigenvalue weighted by atomic mass is 16.7. The molecule has 1 unspecified atom stereocenters. The maximum absolute atomic E-state index is 11.3. The monoisotopic (exact) mass is 196 g/mol. The van der Waals surface area contributed by atoms with Crippen LogP contribution in [0, 0.1) is 0 Å². The van der Waals surface area contributed by atoms with Gasteiger partial charge in [0.2, 0.25) is 6.10 Å². The fourth-order valence-electron chi connectivity index (χ4n) is 1.14. The number of hydrogen-bond acceptors (Lipinski definition) is 3. The summed E-state index contributed by atoms with van der Waals surface area (Å²) in [4.78, 5) is 16.5. The Hall–Kier alpha value is -1.39. The number of ether oxygens (including phenoxy) is 1. The first kappa shape index (κ1) is 10.7. The van der Waals surface area contributed by atoms with E-state index in [1.165, 1.54) is 12.6 Å². The number of nitrogens with two attached hydrogens (primary N) is 1. The van der Waals surface area contributed by atoms with Crippen molar-refractivity contribution < 1.29 is 19.8 Å². The minimum atomic E-state index is -0.661. The van der Waals surface area contributed by atoms with Gasteiger partial charge < -0.3 is 4.74 Å². The van der Waals surface area contributed by atoms with Crippen LogP contribution in [0.1, 0.15) is 11.7 Å². The van der Waals surface area contributed by atoms with Crippen LogP contribution in [-0.4, -0.2) is 20.1 Å². The SMILES string of the molecule is C[NH2+]OC(C(=O)OC)c1ccccc1. The molecule has 0 fully saturated rings. The van der Waals surface area contributed by atoms with Crippen LogP contribution < -0.4 is 5.48 Å². The van der Waals surface area contributed by atoms with Crippen molar-refractivity contribution in [2.45, 2.75) is 6.10 Å². The molecule has 0 saturated carbocycles. The highest BCUT2D eigenvalue weighted by Crippen LogP contribution is 2.15. The van der Waals surface area contributed by atoms with E-state index in [0.29, 0.717) is 0 Å². The third kappa shape index (κ3) is 2.55. The lowest BCUT2D eigenvalue weighted by Crippen LogP contribution is -2.79. The smallest absolute Gasteiger partial charge is 0.346 e. The van der Waals surface area contributed by atoms with Crippen LogP contribution in [0.15, 0.2) is 30.3 Å². The molecule has 1 rings (SSSR count). The molecule has 1 aromatic carbocycles. The molecule has 0 aliphatic carbocycles. The van der Waals surface area contributed by atoms with Crippen molar-refractivity contribution in [1.82, 2.24) is 0 Å². The molecule has 0 aliphatic heterocycles. The Balaban J connectivity index is 2.83. The van der Waals surface area contributed by atoms with E-state index >= 15 is 0 Å². The van der Waals surface area contributed by atoms with Gasteiger partial charge >= 0.3 is 5.97 Å². The number of hydroxylamine groups is 1. The second kappa shape index (κ2) is 5.36. The highest BCUT2D eigenvalue weighted by Gasteiger charge is 2.23. The molecule has 0 heterocycles. The molecule has 4 nitrogen and oxygen atoms in total. The van der Waals surface area contributed by atoms with Crippen LogP contribution >= 0.6 is 0 Å². The van der Waals surface area contributed by atoms with E-state index in [9.17, 15) is 4.79 Å². The van der Waals surface area contributed by atoms with Crippen LogP contribution in [-0.2, 0) is 14.4 Å². The molecule has 14 heavy (non-hydrogen) atoms. The first-order valence-corrected chi connectivity index (χ1v) is 4.35. The van der Waals surface area contributed by atoms with Crippen LogP contribution in [0.4, 0.5) is 0 Å². The van der Waals surface area contributed by atoms with Crippen molar-refractivity contribution in [2.24, 2.45) is 0 Å². The third-order valence-electron chi connectivity index (χ3n) is 1.79. The average molecular weight is 196 g/mol. The first-order valence-electron chi connectivity index (χ1n) is 4.35. The van der Waals surface area contributed by atoms with Gasteiger partial charge in [-0.05, 0) is 5.56 Å². The van der Waals surface area contributed by atoms with Crippen LogP contribution in [0.25, 0.3) is 0 Å². The first-order chi connectivity index (χ1) is 6.79. The third-order valence-corrected chi connectivity index (χ3v) is 1.79. The Kier molecular flexibility index (Phi) is 4.10. The zero-order valence-electron chi connectivity index (χ0n) is 8.27. The van der Waals surface area contributed by atoms with Gasteiger partial charge in [0.25, 0.3) is 0 Å². The van der Waals surface area contributed by atoms with Gasteiger partial charge in [0.15, 0.2) is 0 Å². The van der Waals surface area contributed by atoms with Crippen LogP contribution in [0.3, 0.4) is 0 Å². The summed E-state index contributed by atoms with van der Waals surface area (Å²) < 4.78 is 4.64. The molecule has 76 valence electrons. The van der Waals surface area contributed by atoms with Gasteiger partial charge in [-0.15, -0.1) is 0 Å². The summed E-state index contributed by atoms with van der Waals surface area (Å²) in [5.74, 6) is -0.394. The fourth-order valence-corrected chi connectivity index (χ4v) is 1.14. The molecule has 0 radical (unpaired) electrons. The predicted molar refractivity (Wildman–Crippen MR) is 50.1 cm³/mol. The number of methoxy groups -OCH3 is 1. The van der Waals surface area contributed by atoms with E-state index in [1.54, 1.807) is 7.05 Å². The molecular weight excluding hydrogens is 182 g/mol. The zero-order valence-corrected chi connectivity index (χ0v) is 8.27. The number of rotatable bonds is 4. The Morgan fingerprint density at radius 1 is 1.36 bits per heavy atom. The van der Waals surface area contributed by atoms with Gasteiger partial charge in [-0.25, -0.2) is 10.3 Å². The number of quaternary nitrogens is 1. The molecule has 0 aromatic heterocycles. The second-order valence-electron chi connectivity index (χ2n) is 2.69. The maximum Gasteiger partial charge on any atom is 0.346 e. The minimum Gasteiger partial charge on any atom is -0.467 e. The van der Waals surface area contributed by atoms with Gasteiger partial charge in [0, 0.05) is 0 Å². The van der Waals surface area contributed by atoms with Gasteiger partial charge in [0.1, 0.15) is 0 Å².